The van der Waals surface area contributed by atoms with E-state index < -0.39 is 0 Å². The van der Waals surface area contributed by atoms with Gasteiger partial charge >= 0.3 is 0 Å². The van der Waals surface area contributed by atoms with Crippen LogP contribution in [0.25, 0.3) is 22.4 Å². The summed E-state index contributed by atoms with van der Waals surface area (Å²) in [5, 5.41) is 0. The highest BCUT2D eigenvalue weighted by Gasteiger charge is 2.15. The molecule has 23 heavy (non-hydrogen) atoms. The van der Waals surface area contributed by atoms with Gasteiger partial charge in [-0.3, -0.25) is 0 Å². The van der Waals surface area contributed by atoms with Crippen molar-refractivity contribution in [3.63, 3.8) is 0 Å². The topological polar surface area (TPSA) is 3.88 Å². The molecule has 1 aromatic heterocycles. The summed E-state index contributed by atoms with van der Waals surface area (Å²) in [6.07, 6.45) is 2.21. The van der Waals surface area contributed by atoms with Gasteiger partial charge in [0, 0.05) is 17.2 Å². The van der Waals surface area contributed by atoms with E-state index in [1.807, 2.05) is 0 Å². The van der Waals surface area contributed by atoms with Crippen molar-refractivity contribution in [2.45, 2.75) is 27.7 Å². The molecule has 0 radical (unpaired) electrons. The van der Waals surface area contributed by atoms with Gasteiger partial charge in [0.15, 0.2) is 6.20 Å². The second-order valence-corrected chi connectivity index (χ2v) is 6.48. The number of rotatable bonds is 2. The van der Waals surface area contributed by atoms with Crippen molar-refractivity contribution in [3.8, 4) is 22.4 Å². The number of benzene rings is 2. The lowest BCUT2D eigenvalue weighted by Gasteiger charge is -2.11. The van der Waals surface area contributed by atoms with E-state index in [4.69, 9.17) is 0 Å². The summed E-state index contributed by atoms with van der Waals surface area (Å²) < 4.78 is 2.23. The fraction of sp³-hybridized carbons (Fsp3) is 0.227. The Bertz CT molecular complexity index is 875. The lowest BCUT2D eigenvalue weighted by Crippen LogP contribution is -2.31. The average Bonchev–Trinajstić information content (AvgIpc) is 2.52. The van der Waals surface area contributed by atoms with Crippen molar-refractivity contribution in [1.82, 2.24) is 0 Å². The highest BCUT2D eigenvalue weighted by Crippen LogP contribution is 2.30. The summed E-state index contributed by atoms with van der Waals surface area (Å²) in [5.74, 6) is 0. The molecule has 0 spiro atoms. The van der Waals surface area contributed by atoms with Gasteiger partial charge in [0.25, 0.3) is 0 Å². The Balaban J connectivity index is 2.20. The van der Waals surface area contributed by atoms with Gasteiger partial charge in [0.2, 0.25) is 5.69 Å². The number of nitrogens with zero attached hydrogens (tertiary/aromatic N) is 1. The number of hydrogen-bond acceptors (Lipinski definition) is 0. The molecule has 0 aliphatic carbocycles. The minimum atomic E-state index is 1.26. The van der Waals surface area contributed by atoms with Gasteiger partial charge in [-0.1, -0.05) is 36.4 Å². The molecule has 0 atom stereocenters. The van der Waals surface area contributed by atoms with Crippen molar-refractivity contribution in [2.24, 2.45) is 7.05 Å². The maximum Gasteiger partial charge on any atom is 0.212 e. The molecule has 1 nitrogen and oxygen atoms in total. The van der Waals surface area contributed by atoms with Gasteiger partial charge in [0.1, 0.15) is 7.05 Å². The van der Waals surface area contributed by atoms with Crippen LogP contribution >= 0.6 is 0 Å². The van der Waals surface area contributed by atoms with E-state index in [1.165, 1.54) is 44.6 Å². The number of aromatic nitrogens is 1. The predicted octanol–water partition coefficient (Wildman–Crippen LogP) is 5.08. The lowest BCUT2D eigenvalue weighted by molar-refractivity contribution is -0.660. The molecule has 3 rings (SSSR count). The Morgan fingerprint density at radius 2 is 1.35 bits per heavy atom. The molecule has 0 fully saturated rings. The third-order valence-electron chi connectivity index (χ3n) is 4.71. The largest absolute Gasteiger partial charge is 0.212 e. The second-order valence-electron chi connectivity index (χ2n) is 6.48. The summed E-state index contributed by atoms with van der Waals surface area (Å²) in [6.45, 7) is 8.70. The Kier molecular flexibility index (Phi) is 4.04. The van der Waals surface area contributed by atoms with Crippen molar-refractivity contribution < 1.29 is 4.57 Å². The first-order valence-electron chi connectivity index (χ1n) is 8.11. The quantitative estimate of drug-likeness (QED) is 0.581. The summed E-state index contributed by atoms with van der Waals surface area (Å²) in [6, 6.07) is 17.6. The van der Waals surface area contributed by atoms with E-state index in [1.54, 1.807) is 0 Å². The number of pyridine rings is 1. The van der Waals surface area contributed by atoms with Crippen molar-refractivity contribution in [3.05, 3.63) is 77.0 Å². The molecule has 0 saturated heterocycles. The summed E-state index contributed by atoms with van der Waals surface area (Å²) >= 11 is 0. The molecule has 3 aromatic rings. The van der Waals surface area contributed by atoms with Crippen LogP contribution in [0.4, 0.5) is 0 Å². The average molecular weight is 302 g/mol. The molecule has 0 aliphatic heterocycles. The molecule has 116 valence electrons. The molecule has 0 bridgehead atoms. The van der Waals surface area contributed by atoms with Crippen LogP contribution in [-0.4, -0.2) is 0 Å². The van der Waals surface area contributed by atoms with E-state index in [0.717, 1.165) is 0 Å². The Hall–Kier alpha value is -2.41. The van der Waals surface area contributed by atoms with Crippen LogP contribution in [0.15, 0.2) is 54.7 Å². The maximum absolute atomic E-state index is 2.32. The summed E-state index contributed by atoms with van der Waals surface area (Å²) in [4.78, 5) is 0. The van der Waals surface area contributed by atoms with E-state index in [-0.39, 0.29) is 0 Å². The van der Waals surface area contributed by atoms with Gasteiger partial charge in [-0.05, 0) is 61.6 Å². The van der Waals surface area contributed by atoms with Crippen LogP contribution in [-0.2, 0) is 7.05 Å². The zero-order valence-electron chi connectivity index (χ0n) is 14.6. The minimum Gasteiger partial charge on any atom is -0.201 e. The van der Waals surface area contributed by atoms with Gasteiger partial charge in [-0.15, -0.1) is 0 Å². The van der Waals surface area contributed by atoms with Gasteiger partial charge < -0.3 is 0 Å². The fourth-order valence-electron chi connectivity index (χ4n) is 3.11. The van der Waals surface area contributed by atoms with Gasteiger partial charge in [-0.25, -0.2) is 4.57 Å². The standard InChI is InChI=1S/C22H24N/c1-15-8-6-7-9-20(15)19-11-10-16(2)21(13-19)22-12-17(3)18(4)14-23(22)5/h6-14H,1-5H3/q+1. The molecule has 0 aliphatic rings. The second kappa shape index (κ2) is 6.00. The van der Waals surface area contributed by atoms with Crippen LogP contribution in [0.2, 0.25) is 0 Å². The lowest BCUT2D eigenvalue weighted by atomic mass is 9.94. The first-order valence-corrected chi connectivity index (χ1v) is 8.11. The van der Waals surface area contributed by atoms with E-state index >= 15 is 0 Å². The van der Waals surface area contributed by atoms with Crippen LogP contribution in [0, 0.1) is 27.7 Å². The number of hydrogen-bond donors (Lipinski definition) is 0. The van der Waals surface area contributed by atoms with Gasteiger partial charge in [-0.2, -0.15) is 0 Å². The molecular weight excluding hydrogens is 278 g/mol. The normalized spacial score (nSPS) is 10.8. The highest BCUT2D eigenvalue weighted by atomic mass is 14.9. The third kappa shape index (κ3) is 2.92. The molecule has 0 saturated carbocycles. The Labute approximate surface area is 139 Å². The Morgan fingerprint density at radius 3 is 2.09 bits per heavy atom. The molecule has 2 aromatic carbocycles. The van der Waals surface area contributed by atoms with Crippen LogP contribution in [0.3, 0.4) is 0 Å². The molecule has 1 heteroatoms. The first-order chi connectivity index (χ1) is 11.0. The predicted molar refractivity (Wildman–Crippen MR) is 97.4 cm³/mol. The molecule has 0 unspecified atom stereocenters. The fourth-order valence-corrected chi connectivity index (χ4v) is 3.11. The maximum atomic E-state index is 2.32. The van der Waals surface area contributed by atoms with Crippen LogP contribution in [0.5, 0.6) is 0 Å². The van der Waals surface area contributed by atoms with Gasteiger partial charge in [0.05, 0.1) is 0 Å². The highest BCUT2D eigenvalue weighted by molar-refractivity contribution is 5.74. The minimum absolute atomic E-state index is 1.26. The third-order valence-corrected chi connectivity index (χ3v) is 4.71. The monoisotopic (exact) mass is 302 g/mol. The van der Waals surface area contributed by atoms with Crippen LogP contribution < -0.4 is 4.57 Å². The SMILES string of the molecule is Cc1cc(-c2cc(-c3ccccc3C)ccc2C)[n+](C)cc1C. The molecule has 1 heterocycles. The van der Waals surface area contributed by atoms with Crippen molar-refractivity contribution in [2.75, 3.05) is 0 Å². The van der Waals surface area contributed by atoms with Crippen LogP contribution in [0.1, 0.15) is 22.3 Å². The smallest absolute Gasteiger partial charge is 0.201 e. The van der Waals surface area contributed by atoms with E-state index in [0.29, 0.717) is 0 Å². The van der Waals surface area contributed by atoms with E-state index in [2.05, 4.69) is 94.0 Å². The molecule has 0 amide bonds. The summed E-state index contributed by atoms with van der Waals surface area (Å²) in [5.41, 5.74) is 10.4. The molecule has 0 N–H and O–H groups in total. The Morgan fingerprint density at radius 1 is 0.652 bits per heavy atom. The summed E-state index contributed by atoms with van der Waals surface area (Å²) in [7, 11) is 2.13. The van der Waals surface area contributed by atoms with Crippen molar-refractivity contribution >= 4 is 0 Å². The zero-order chi connectivity index (χ0) is 16.6. The van der Waals surface area contributed by atoms with Crippen molar-refractivity contribution in [1.29, 1.82) is 0 Å². The molecular formula is C22H24N+. The van der Waals surface area contributed by atoms with E-state index in [9.17, 15) is 0 Å². The number of aryl methyl sites for hydroxylation is 5. The first kappa shape index (κ1) is 15.5. The zero-order valence-corrected chi connectivity index (χ0v) is 14.6.